The summed E-state index contributed by atoms with van der Waals surface area (Å²) in [5.74, 6) is 0.00359. The van der Waals surface area contributed by atoms with Crippen molar-refractivity contribution in [3.63, 3.8) is 0 Å². The molecule has 1 amide bonds. The summed E-state index contributed by atoms with van der Waals surface area (Å²) >= 11 is 8.46. The summed E-state index contributed by atoms with van der Waals surface area (Å²) in [6.45, 7) is 0.527. The van der Waals surface area contributed by atoms with Gasteiger partial charge in [0.2, 0.25) is 11.2 Å². The highest BCUT2D eigenvalue weighted by Gasteiger charge is 2.75. The number of aromatic nitrogens is 4. The molecular formula is C20H20ClIN6O3. The summed E-state index contributed by atoms with van der Waals surface area (Å²) in [5, 5.41) is 27.3. The third-order valence-corrected chi connectivity index (χ3v) is 7.23. The van der Waals surface area contributed by atoms with Gasteiger partial charge in [0, 0.05) is 23.1 Å². The van der Waals surface area contributed by atoms with Gasteiger partial charge in [0.05, 0.1) is 23.9 Å². The molecule has 31 heavy (non-hydrogen) atoms. The zero-order valence-corrected chi connectivity index (χ0v) is 19.4. The van der Waals surface area contributed by atoms with Crippen molar-refractivity contribution in [2.45, 2.75) is 31.2 Å². The van der Waals surface area contributed by atoms with Gasteiger partial charge >= 0.3 is 0 Å². The van der Waals surface area contributed by atoms with E-state index in [1.54, 1.807) is 10.9 Å². The van der Waals surface area contributed by atoms with Crippen LogP contribution < -0.4 is 10.6 Å². The minimum atomic E-state index is -1.16. The SMILES string of the molecule is CNC(=O)[C@@]12C[C@@H]1[C@H](n1cnc3c(NCc4cccc(I)c4)nc(Cl)nc31)[C@H](O)[C@H]2O. The smallest absolute Gasteiger partial charge is 0.229 e. The molecule has 2 saturated carbocycles. The van der Waals surface area contributed by atoms with Gasteiger partial charge in [-0.3, -0.25) is 4.79 Å². The number of carbonyl (C=O) groups is 1. The average Bonchev–Trinajstić information content (AvgIpc) is 3.29. The Morgan fingerprint density at radius 1 is 1.39 bits per heavy atom. The maximum absolute atomic E-state index is 12.4. The fraction of sp³-hybridized carbons (Fsp3) is 0.400. The fourth-order valence-electron chi connectivity index (χ4n) is 4.85. The lowest BCUT2D eigenvalue weighted by Gasteiger charge is -2.23. The predicted octanol–water partition coefficient (Wildman–Crippen LogP) is 1.73. The third-order valence-electron chi connectivity index (χ3n) is 6.39. The Morgan fingerprint density at radius 2 is 2.19 bits per heavy atom. The van der Waals surface area contributed by atoms with Crippen LogP contribution in [-0.4, -0.2) is 54.9 Å². The maximum Gasteiger partial charge on any atom is 0.229 e. The van der Waals surface area contributed by atoms with E-state index in [0.717, 1.165) is 9.13 Å². The highest BCUT2D eigenvalue weighted by Crippen LogP contribution is 2.67. The highest BCUT2D eigenvalue weighted by molar-refractivity contribution is 14.1. The first-order valence-corrected chi connectivity index (χ1v) is 11.3. The van der Waals surface area contributed by atoms with E-state index in [9.17, 15) is 15.0 Å². The Kier molecular flexibility index (Phi) is 5.07. The van der Waals surface area contributed by atoms with Gasteiger partial charge in [-0.2, -0.15) is 9.97 Å². The van der Waals surface area contributed by atoms with Crippen LogP contribution in [0.5, 0.6) is 0 Å². The van der Waals surface area contributed by atoms with Crippen LogP contribution in [0.1, 0.15) is 18.0 Å². The van der Waals surface area contributed by atoms with Crippen molar-refractivity contribution in [3.05, 3.63) is 45.0 Å². The van der Waals surface area contributed by atoms with Crippen molar-refractivity contribution >= 4 is 57.1 Å². The van der Waals surface area contributed by atoms with Crippen LogP contribution >= 0.6 is 34.2 Å². The highest BCUT2D eigenvalue weighted by atomic mass is 127. The monoisotopic (exact) mass is 554 g/mol. The second-order valence-corrected chi connectivity index (χ2v) is 9.59. The van der Waals surface area contributed by atoms with Crippen LogP contribution in [0.2, 0.25) is 5.28 Å². The number of fused-ring (bicyclic) bond motifs is 2. The van der Waals surface area contributed by atoms with E-state index in [0.29, 0.717) is 29.9 Å². The van der Waals surface area contributed by atoms with Gasteiger partial charge < -0.3 is 25.4 Å². The molecule has 0 saturated heterocycles. The summed E-state index contributed by atoms with van der Waals surface area (Å²) in [7, 11) is 1.53. The minimum Gasteiger partial charge on any atom is -0.389 e. The zero-order valence-electron chi connectivity index (χ0n) is 16.5. The number of amides is 1. The van der Waals surface area contributed by atoms with Crippen LogP contribution in [0.25, 0.3) is 11.2 Å². The van der Waals surface area contributed by atoms with Gasteiger partial charge in [-0.05, 0) is 58.3 Å². The number of rotatable bonds is 5. The molecule has 5 atom stereocenters. The number of nitrogens with zero attached hydrogens (tertiary/aromatic N) is 4. The number of hydrogen-bond donors (Lipinski definition) is 4. The average molecular weight is 555 g/mol. The third kappa shape index (κ3) is 3.19. The first-order valence-electron chi connectivity index (χ1n) is 9.83. The number of hydrogen-bond acceptors (Lipinski definition) is 7. The second kappa shape index (κ2) is 7.54. The van der Waals surface area contributed by atoms with Crippen molar-refractivity contribution < 1.29 is 15.0 Å². The lowest BCUT2D eigenvalue weighted by Crippen LogP contribution is -2.41. The van der Waals surface area contributed by atoms with Crippen LogP contribution in [0.4, 0.5) is 5.82 Å². The van der Waals surface area contributed by atoms with Gasteiger partial charge in [-0.25, -0.2) is 4.98 Å². The lowest BCUT2D eigenvalue weighted by molar-refractivity contribution is -0.132. The van der Waals surface area contributed by atoms with E-state index in [-0.39, 0.29) is 17.1 Å². The number of carbonyl (C=O) groups excluding carboxylic acids is 1. The van der Waals surface area contributed by atoms with Gasteiger partial charge in [0.25, 0.3) is 0 Å². The standard InChI is InChI=1S/C20H20ClIN6O3/c1-23-18(31)20-6-11(20)13(14(29)15(20)30)28-8-25-12-16(26-19(21)27-17(12)28)24-7-9-3-2-4-10(22)5-9/h2-5,8,11,13-15,29-30H,6-7H2,1H3,(H,23,31)(H,24,26,27)/t11-,13+,14+,15-,20+/m1/s1. The van der Waals surface area contributed by atoms with Gasteiger partial charge in [0.1, 0.15) is 6.10 Å². The van der Waals surface area contributed by atoms with Crippen molar-refractivity contribution in [2.24, 2.45) is 11.3 Å². The summed E-state index contributed by atoms with van der Waals surface area (Å²) < 4.78 is 2.83. The number of anilines is 1. The van der Waals surface area contributed by atoms with Crippen LogP contribution in [0.15, 0.2) is 30.6 Å². The Morgan fingerprint density at radius 3 is 2.94 bits per heavy atom. The molecule has 0 unspecified atom stereocenters. The predicted molar refractivity (Wildman–Crippen MR) is 122 cm³/mol. The van der Waals surface area contributed by atoms with Crippen LogP contribution in [0, 0.1) is 14.9 Å². The molecule has 0 bridgehead atoms. The zero-order chi connectivity index (χ0) is 21.9. The molecule has 2 aromatic heterocycles. The van der Waals surface area contributed by atoms with E-state index in [1.165, 1.54) is 7.05 Å². The molecule has 2 aliphatic rings. The summed E-state index contributed by atoms with van der Waals surface area (Å²) in [4.78, 5) is 25.5. The molecule has 4 N–H and O–H groups in total. The molecule has 3 aromatic rings. The second-order valence-electron chi connectivity index (χ2n) is 8.00. The van der Waals surface area contributed by atoms with Crippen molar-refractivity contribution in [3.8, 4) is 0 Å². The molecule has 2 aliphatic carbocycles. The molecule has 11 heteroatoms. The largest absolute Gasteiger partial charge is 0.389 e. The van der Waals surface area contributed by atoms with E-state index in [1.807, 2.05) is 18.2 Å². The number of benzene rings is 1. The molecule has 0 radical (unpaired) electrons. The molecule has 1 aromatic carbocycles. The first kappa shape index (κ1) is 20.9. The number of nitrogens with one attached hydrogen (secondary N) is 2. The first-order chi connectivity index (χ1) is 14.9. The van der Waals surface area contributed by atoms with Crippen molar-refractivity contribution in [1.29, 1.82) is 0 Å². The lowest BCUT2D eigenvalue weighted by atomic mass is 9.98. The number of aliphatic hydroxyl groups excluding tert-OH is 2. The van der Waals surface area contributed by atoms with Crippen molar-refractivity contribution in [1.82, 2.24) is 24.8 Å². The molecule has 9 nitrogen and oxygen atoms in total. The molecule has 2 heterocycles. The molecule has 0 spiro atoms. The van der Waals surface area contributed by atoms with Gasteiger partial charge in [-0.1, -0.05) is 12.1 Å². The quantitative estimate of drug-likeness (QED) is 0.280. The van der Waals surface area contributed by atoms with E-state index in [4.69, 9.17) is 11.6 Å². The molecule has 162 valence electrons. The minimum absolute atomic E-state index is 0.0424. The molecule has 2 fully saturated rings. The van der Waals surface area contributed by atoms with E-state index >= 15 is 0 Å². The van der Waals surface area contributed by atoms with Crippen LogP contribution in [-0.2, 0) is 11.3 Å². The summed E-state index contributed by atoms with van der Waals surface area (Å²) in [6.07, 6.45) is -0.225. The van der Waals surface area contributed by atoms with E-state index in [2.05, 4.69) is 54.2 Å². The molecular weight excluding hydrogens is 535 g/mol. The number of aliphatic hydroxyl groups is 2. The Hall–Kier alpha value is -2.02. The summed E-state index contributed by atoms with van der Waals surface area (Å²) in [6, 6.07) is 7.54. The summed E-state index contributed by atoms with van der Waals surface area (Å²) in [5.41, 5.74) is 1.06. The Labute approximate surface area is 196 Å². The van der Waals surface area contributed by atoms with E-state index < -0.39 is 23.7 Å². The number of imidazole rings is 1. The van der Waals surface area contributed by atoms with Crippen molar-refractivity contribution in [2.75, 3.05) is 12.4 Å². The van der Waals surface area contributed by atoms with Crippen LogP contribution in [0.3, 0.4) is 0 Å². The fourth-order valence-corrected chi connectivity index (χ4v) is 5.62. The molecule has 0 aliphatic heterocycles. The Bertz CT molecular complexity index is 1190. The maximum atomic E-state index is 12.4. The van der Waals surface area contributed by atoms with Gasteiger partial charge in [-0.15, -0.1) is 0 Å². The van der Waals surface area contributed by atoms with Gasteiger partial charge in [0.15, 0.2) is 17.0 Å². The normalized spacial score (nSPS) is 29.1. The topological polar surface area (TPSA) is 125 Å². The number of halogens is 2. The molecule has 5 rings (SSSR count). The Balaban J connectivity index is 1.49.